The number of phosphoric acid groups is 2. The fourth-order valence-electron chi connectivity index (χ4n) is 12.6. The normalized spacial score (nSPS) is 14.3. The quantitative estimate of drug-likeness (QED) is 0.0169. The van der Waals surface area contributed by atoms with Crippen molar-refractivity contribution in [1.29, 1.82) is 0 Å². The third-order valence-electron chi connectivity index (χ3n) is 19.6. The van der Waals surface area contributed by atoms with E-state index in [9.17, 15) is 43.2 Å². The van der Waals surface area contributed by atoms with Crippen LogP contribution in [0.4, 0.5) is 0 Å². The Labute approximate surface area is 637 Å². The van der Waals surface area contributed by atoms with E-state index < -0.39 is 97.5 Å². The van der Waals surface area contributed by atoms with Gasteiger partial charge in [-0.25, -0.2) is 9.13 Å². The third kappa shape index (κ3) is 76.3. The Morgan fingerprint density at radius 1 is 0.317 bits per heavy atom. The van der Waals surface area contributed by atoms with Crippen LogP contribution in [0.3, 0.4) is 0 Å². The van der Waals surface area contributed by atoms with Gasteiger partial charge in [-0.15, -0.1) is 0 Å². The summed E-state index contributed by atoms with van der Waals surface area (Å²) in [4.78, 5) is 73.1. The zero-order valence-electron chi connectivity index (χ0n) is 68.0. The van der Waals surface area contributed by atoms with Gasteiger partial charge in [-0.05, 0) is 69.1 Å². The predicted molar refractivity (Wildman–Crippen MR) is 427 cm³/mol. The van der Waals surface area contributed by atoms with Crippen molar-refractivity contribution in [3.8, 4) is 0 Å². The van der Waals surface area contributed by atoms with Crippen LogP contribution in [-0.2, 0) is 65.4 Å². The molecule has 0 aromatic rings. The van der Waals surface area contributed by atoms with Gasteiger partial charge in [0.1, 0.15) is 19.3 Å². The van der Waals surface area contributed by atoms with E-state index in [1.807, 2.05) is 0 Å². The summed E-state index contributed by atoms with van der Waals surface area (Å²) in [5.41, 5.74) is 0. The molecular formula is C85H162O17P2. The molecule has 0 aromatic carbocycles. The highest BCUT2D eigenvalue weighted by Crippen LogP contribution is 2.45. The van der Waals surface area contributed by atoms with Crippen LogP contribution in [0.2, 0.25) is 0 Å². The van der Waals surface area contributed by atoms with E-state index in [-0.39, 0.29) is 25.7 Å². The molecule has 614 valence electrons. The maximum absolute atomic E-state index is 13.1. The lowest BCUT2D eigenvalue weighted by Gasteiger charge is -2.21. The molecule has 0 heterocycles. The number of hydrogen-bond acceptors (Lipinski definition) is 15. The van der Waals surface area contributed by atoms with E-state index in [4.69, 9.17) is 37.0 Å². The van der Waals surface area contributed by atoms with E-state index in [1.54, 1.807) is 0 Å². The van der Waals surface area contributed by atoms with E-state index >= 15 is 0 Å². The van der Waals surface area contributed by atoms with Crippen molar-refractivity contribution >= 4 is 39.5 Å². The van der Waals surface area contributed by atoms with Gasteiger partial charge in [0.2, 0.25) is 0 Å². The maximum Gasteiger partial charge on any atom is 0.472 e. The van der Waals surface area contributed by atoms with Crippen molar-refractivity contribution < 1.29 is 80.2 Å². The number of aliphatic hydroxyl groups is 1. The van der Waals surface area contributed by atoms with Crippen LogP contribution in [0, 0.1) is 17.8 Å². The molecule has 0 saturated carbocycles. The number of unbranched alkanes of at least 4 members (excludes halogenated alkanes) is 45. The van der Waals surface area contributed by atoms with Gasteiger partial charge in [-0.3, -0.25) is 37.3 Å². The topological polar surface area (TPSA) is 237 Å². The Kier molecular flexibility index (Phi) is 72.9. The van der Waals surface area contributed by atoms with Gasteiger partial charge >= 0.3 is 39.5 Å². The highest BCUT2D eigenvalue weighted by molar-refractivity contribution is 7.47. The summed E-state index contributed by atoms with van der Waals surface area (Å²) < 4.78 is 68.8. The fourth-order valence-corrected chi connectivity index (χ4v) is 14.2. The van der Waals surface area contributed by atoms with Crippen molar-refractivity contribution in [1.82, 2.24) is 0 Å². The lowest BCUT2D eigenvalue weighted by Crippen LogP contribution is -2.30. The van der Waals surface area contributed by atoms with Gasteiger partial charge in [-0.1, -0.05) is 368 Å². The van der Waals surface area contributed by atoms with Crippen LogP contribution in [0.25, 0.3) is 0 Å². The third-order valence-corrected chi connectivity index (χ3v) is 21.5. The number of aliphatic hydroxyl groups excluding tert-OH is 1. The van der Waals surface area contributed by atoms with E-state index in [0.29, 0.717) is 25.7 Å². The molecule has 19 heteroatoms. The highest BCUT2D eigenvalue weighted by Gasteiger charge is 2.30. The largest absolute Gasteiger partial charge is 0.472 e. The van der Waals surface area contributed by atoms with Crippen LogP contribution >= 0.6 is 15.6 Å². The Bertz CT molecular complexity index is 2110. The number of phosphoric ester groups is 2. The second kappa shape index (κ2) is 74.6. The first kappa shape index (κ1) is 102. The monoisotopic (exact) mass is 1520 g/mol. The van der Waals surface area contributed by atoms with Gasteiger partial charge in [-0.2, -0.15) is 0 Å². The summed E-state index contributed by atoms with van der Waals surface area (Å²) in [5.74, 6) is 0.246. The molecule has 0 amide bonds. The molecule has 6 atom stereocenters. The van der Waals surface area contributed by atoms with E-state index in [2.05, 4.69) is 72.8 Å². The van der Waals surface area contributed by atoms with Crippen molar-refractivity contribution in [2.75, 3.05) is 39.6 Å². The molecule has 0 bridgehead atoms. The summed E-state index contributed by atoms with van der Waals surface area (Å²) in [7, 11) is -9.94. The van der Waals surface area contributed by atoms with Crippen molar-refractivity contribution in [3.63, 3.8) is 0 Å². The SMILES string of the molecule is CCCCCC/C=C\C=C/CCCCCCCC(=O)O[C@H](COC(=O)CCCCCCCCCCC(C)C)COP(=O)(O)OC[C@H](O)COP(=O)(O)OC[C@@H](COC(=O)CCCCCCCCCCCCCCCC(C)C)OC(=O)CCCCCCCCCCCCCCCCCCCCC(C)CC. The van der Waals surface area contributed by atoms with Crippen LogP contribution in [0.1, 0.15) is 421 Å². The number of ether oxygens (including phenoxy) is 4. The van der Waals surface area contributed by atoms with Gasteiger partial charge in [0.25, 0.3) is 0 Å². The Morgan fingerprint density at radius 3 is 0.856 bits per heavy atom. The first-order valence-corrected chi connectivity index (χ1v) is 46.2. The van der Waals surface area contributed by atoms with E-state index in [0.717, 1.165) is 127 Å². The number of allylic oxidation sites excluding steroid dienone is 4. The molecule has 0 aliphatic heterocycles. The average Bonchev–Trinajstić information content (AvgIpc) is 0.911. The minimum atomic E-state index is -4.97. The highest BCUT2D eigenvalue weighted by atomic mass is 31.2. The minimum Gasteiger partial charge on any atom is -0.462 e. The number of esters is 4. The number of rotatable bonds is 81. The molecule has 104 heavy (non-hydrogen) atoms. The molecule has 0 fully saturated rings. The number of hydrogen-bond donors (Lipinski definition) is 3. The zero-order valence-corrected chi connectivity index (χ0v) is 69.8. The van der Waals surface area contributed by atoms with Gasteiger partial charge in [0, 0.05) is 25.7 Å². The first-order valence-electron chi connectivity index (χ1n) is 43.2. The average molecular weight is 1520 g/mol. The van der Waals surface area contributed by atoms with E-state index in [1.165, 1.54) is 212 Å². The van der Waals surface area contributed by atoms with Crippen LogP contribution in [-0.4, -0.2) is 96.7 Å². The molecule has 0 aromatic heterocycles. The minimum absolute atomic E-state index is 0.0845. The summed E-state index contributed by atoms with van der Waals surface area (Å²) >= 11 is 0. The maximum atomic E-state index is 13.1. The first-order chi connectivity index (χ1) is 50.3. The van der Waals surface area contributed by atoms with Crippen LogP contribution in [0.15, 0.2) is 24.3 Å². The molecule has 0 rings (SSSR count). The van der Waals surface area contributed by atoms with Crippen LogP contribution < -0.4 is 0 Å². The zero-order chi connectivity index (χ0) is 76.5. The summed E-state index contributed by atoms with van der Waals surface area (Å²) in [6.45, 7) is 11.9. The fraction of sp³-hybridized carbons (Fsp3) is 0.906. The Hall–Kier alpha value is -2.46. The predicted octanol–water partition coefficient (Wildman–Crippen LogP) is 25.3. The number of carbonyl (C=O) groups is 4. The van der Waals surface area contributed by atoms with Gasteiger partial charge in [0.15, 0.2) is 12.2 Å². The summed E-state index contributed by atoms with van der Waals surface area (Å²) in [6, 6.07) is 0. The molecule has 0 saturated heterocycles. The van der Waals surface area contributed by atoms with Crippen molar-refractivity contribution in [3.05, 3.63) is 24.3 Å². The van der Waals surface area contributed by atoms with Gasteiger partial charge in [0.05, 0.1) is 26.4 Å². The van der Waals surface area contributed by atoms with Crippen LogP contribution in [0.5, 0.6) is 0 Å². The van der Waals surface area contributed by atoms with Crippen molar-refractivity contribution in [2.24, 2.45) is 17.8 Å². The molecule has 0 aliphatic rings. The van der Waals surface area contributed by atoms with Crippen molar-refractivity contribution in [2.45, 2.75) is 439 Å². The molecule has 17 nitrogen and oxygen atoms in total. The Morgan fingerprint density at radius 2 is 0.567 bits per heavy atom. The summed E-state index contributed by atoms with van der Waals surface area (Å²) in [6.07, 6.45) is 67.4. The molecule has 3 N–H and O–H groups in total. The smallest absolute Gasteiger partial charge is 0.462 e. The summed E-state index contributed by atoms with van der Waals surface area (Å²) in [5, 5.41) is 10.7. The molecule has 0 radical (unpaired) electrons. The molecular weight excluding hydrogens is 1350 g/mol. The molecule has 0 spiro atoms. The lowest BCUT2D eigenvalue weighted by molar-refractivity contribution is -0.161. The number of carbonyl (C=O) groups excluding carboxylic acids is 4. The molecule has 0 aliphatic carbocycles. The van der Waals surface area contributed by atoms with Gasteiger partial charge < -0.3 is 33.8 Å². The standard InChI is InChI=1S/C85H162O17P2/c1-8-10-11-12-13-14-15-16-21-27-33-38-47-54-61-68-85(90)102-81(73-96-83(88)67-60-53-46-41-40-43-50-57-64-77(5)6)75-100-104(93,94)98-71-79(86)70-97-103(91,92)99-74-80(72-95-82(87)66-59-52-45-37-32-29-24-25-30-35-42-49-56-63-76(3)4)101-84(89)69-62-55-48-39-34-28-23-20-18-17-19-22-26-31-36-44-51-58-65-78(7)9-2/h14-16,21,76-81,86H,8-13,17-20,22-75H2,1-7H3,(H,91,92)(H,93,94)/b15-14-,21-16-/t78?,79-,80-,81-/m1/s1. The second-order valence-corrected chi connectivity index (χ2v) is 34.0. The Balaban J connectivity index is 5.26. The molecule has 3 unspecified atom stereocenters. The lowest BCUT2D eigenvalue weighted by atomic mass is 9.99. The second-order valence-electron chi connectivity index (χ2n) is 31.1.